The van der Waals surface area contributed by atoms with Crippen molar-refractivity contribution in [3.8, 4) is 0 Å². The van der Waals surface area contributed by atoms with Gasteiger partial charge in [0.1, 0.15) is 0 Å². The van der Waals surface area contributed by atoms with Gasteiger partial charge in [-0.1, -0.05) is 6.07 Å². The maximum absolute atomic E-state index is 12.3. The topological polar surface area (TPSA) is 92.3 Å². The smallest absolute Gasteiger partial charge is 0.240 e. The zero-order valence-electron chi connectivity index (χ0n) is 11.5. The Bertz CT molecular complexity index is 756. The normalized spacial score (nSPS) is 23.7. The minimum Gasteiger partial charge on any atom is -0.384 e. The molecule has 1 unspecified atom stereocenters. The molecule has 1 aromatic rings. The lowest BCUT2D eigenvalue weighted by atomic mass is 10.1. The summed E-state index contributed by atoms with van der Waals surface area (Å²) < 4.78 is 49.8. The van der Waals surface area contributed by atoms with E-state index in [0.29, 0.717) is 6.42 Å². The summed E-state index contributed by atoms with van der Waals surface area (Å²) in [6, 6.07) is 5.06. The Morgan fingerprint density at radius 1 is 1.33 bits per heavy atom. The van der Waals surface area contributed by atoms with E-state index in [-0.39, 0.29) is 28.9 Å². The molecular formula is C13H18N2O4S2. The molecule has 1 atom stereocenters. The van der Waals surface area contributed by atoms with Gasteiger partial charge in [-0.25, -0.2) is 21.6 Å². The zero-order valence-corrected chi connectivity index (χ0v) is 13.1. The molecule has 0 bridgehead atoms. The van der Waals surface area contributed by atoms with Crippen molar-refractivity contribution in [2.24, 2.45) is 5.92 Å². The number of sulfonamides is 1. The van der Waals surface area contributed by atoms with E-state index in [0.717, 1.165) is 24.2 Å². The van der Waals surface area contributed by atoms with Crippen LogP contribution in [0.4, 0.5) is 5.69 Å². The van der Waals surface area contributed by atoms with Crippen LogP contribution >= 0.6 is 0 Å². The van der Waals surface area contributed by atoms with Crippen LogP contribution in [-0.2, 0) is 26.3 Å². The van der Waals surface area contributed by atoms with Crippen LogP contribution in [0, 0.1) is 5.92 Å². The van der Waals surface area contributed by atoms with E-state index in [1.54, 1.807) is 12.1 Å². The number of rotatable bonds is 4. The molecule has 6 nitrogen and oxygen atoms in total. The quantitative estimate of drug-likeness (QED) is 0.832. The Kier molecular flexibility index (Phi) is 3.71. The standard InChI is InChI=1S/C13H18N2O4S2/c16-20(17)6-4-10(9-20)8-15-21(18,19)12-2-1-11-3-5-14-13(11)7-12/h1-2,7,10,14-15H,3-6,8-9H2. The van der Waals surface area contributed by atoms with Crippen LogP contribution in [0.25, 0.3) is 0 Å². The maximum Gasteiger partial charge on any atom is 0.240 e. The minimum absolute atomic E-state index is 0.0707. The SMILES string of the molecule is O=S1(=O)CCC(CNS(=O)(=O)c2ccc3c(c2)NCC3)C1. The zero-order chi connectivity index (χ0) is 15.1. The Balaban J connectivity index is 1.70. The van der Waals surface area contributed by atoms with Gasteiger partial charge < -0.3 is 5.32 Å². The third-order valence-electron chi connectivity index (χ3n) is 3.99. The van der Waals surface area contributed by atoms with Gasteiger partial charge in [0.05, 0.1) is 16.4 Å². The van der Waals surface area contributed by atoms with Gasteiger partial charge >= 0.3 is 0 Å². The van der Waals surface area contributed by atoms with Crippen molar-refractivity contribution in [1.29, 1.82) is 0 Å². The fourth-order valence-electron chi connectivity index (χ4n) is 2.78. The Labute approximate surface area is 124 Å². The first-order valence-electron chi connectivity index (χ1n) is 6.93. The first kappa shape index (κ1) is 14.8. The monoisotopic (exact) mass is 330 g/mol. The summed E-state index contributed by atoms with van der Waals surface area (Å²) in [7, 11) is -6.57. The average molecular weight is 330 g/mol. The van der Waals surface area contributed by atoms with Gasteiger partial charge in [0.25, 0.3) is 0 Å². The van der Waals surface area contributed by atoms with Crippen LogP contribution in [0.3, 0.4) is 0 Å². The molecule has 1 aromatic carbocycles. The Morgan fingerprint density at radius 3 is 2.86 bits per heavy atom. The molecule has 116 valence electrons. The summed E-state index contributed by atoms with van der Waals surface area (Å²) in [6.07, 6.45) is 1.43. The summed E-state index contributed by atoms with van der Waals surface area (Å²) in [5.41, 5.74) is 1.98. The highest BCUT2D eigenvalue weighted by Crippen LogP contribution is 2.25. The molecule has 0 aliphatic carbocycles. The van der Waals surface area contributed by atoms with Crippen molar-refractivity contribution >= 4 is 25.5 Å². The number of benzene rings is 1. The van der Waals surface area contributed by atoms with Gasteiger partial charge in [0, 0.05) is 18.8 Å². The molecule has 2 aliphatic rings. The molecule has 1 saturated heterocycles. The Morgan fingerprint density at radius 2 is 2.14 bits per heavy atom. The van der Waals surface area contributed by atoms with Gasteiger partial charge in [-0.3, -0.25) is 0 Å². The highest BCUT2D eigenvalue weighted by molar-refractivity contribution is 7.91. The van der Waals surface area contributed by atoms with Crippen molar-refractivity contribution in [2.75, 3.05) is 29.9 Å². The summed E-state index contributed by atoms with van der Waals surface area (Å²) in [4.78, 5) is 0.219. The van der Waals surface area contributed by atoms with Crippen LogP contribution in [-0.4, -0.2) is 41.4 Å². The molecule has 0 spiro atoms. The van der Waals surface area contributed by atoms with Crippen LogP contribution in [0.2, 0.25) is 0 Å². The molecule has 0 saturated carbocycles. The number of sulfone groups is 1. The first-order valence-corrected chi connectivity index (χ1v) is 10.2. The maximum atomic E-state index is 12.3. The van der Waals surface area contributed by atoms with Gasteiger partial charge in [0.15, 0.2) is 9.84 Å². The van der Waals surface area contributed by atoms with Crippen molar-refractivity contribution in [3.63, 3.8) is 0 Å². The van der Waals surface area contributed by atoms with Crippen molar-refractivity contribution < 1.29 is 16.8 Å². The van der Waals surface area contributed by atoms with Crippen molar-refractivity contribution in [1.82, 2.24) is 4.72 Å². The third kappa shape index (κ3) is 3.22. The number of nitrogens with one attached hydrogen (secondary N) is 2. The van der Waals surface area contributed by atoms with Gasteiger partial charge in [-0.05, 0) is 36.5 Å². The molecule has 0 aromatic heterocycles. The van der Waals surface area contributed by atoms with Crippen molar-refractivity contribution in [2.45, 2.75) is 17.7 Å². The summed E-state index contributed by atoms with van der Waals surface area (Å²) in [5, 5.41) is 3.15. The van der Waals surface area contributed by atoms with Gasteiger partial charge in [0.2, 0.25) is 10.0 Å². The van der Waals surface area contributed by atoms with Crippen LogP contribution < -0.4 is 10.0 Å². The molecular weight excluding hydrogens is 312 g/mol. The second-order valence-electron chi connectivity index (χ2n) is 5.62. The summed E-state index contributed by atoms with van der Waals surface area (Å²) in [6.45, 7) is 0.998. The van der Waals surface area contributed by atoms with Crippen LogP contribution in [0.5, 0.6) is 0 Å². The highest BCUT2D eigenvalue weighted by atomic mass is 32.2. The number of hydrogen-bond donors (Lipinski definition) is 2. The second kappa shape index (κ2) is 5.26. The van der Waals surface area contributed by atoms with E-state index in [1.807, 2.05) is 6.07 Å². The van der Waals surface area contributed by atoms with Crippen LogP contribution in [0.15, 0.2) is 23.1 Å². The van der Waals surface area contributed by atoms with E-state index in [1.165, 1.54) is 0 Å². The number of anilines is 1. The number of fused-ring (bicyclic) bond motifs is 1. The first-order chi connectivity index (χ1) is 9.86. The fourth-order valence-corrected chi connectivity index (χ4v) is 5.78. The fraction of sp³-hybridized carbons (Fsp3) is 0.538. The summed E-state index contributed by atoms with van der Waals surface area (Å²) >= 11 is 0. The van der Waals surface area contributed by atoms with E-state index >= 15 is 0 Å². The molecule has 1 fully saturated rings. The molecule has 2 aliphatic heterocycles. The number of hydrogen-bond acceptors (Lipinski definition) is 5. The molecule has 0 amide bonds. The molecule has 0 radical (unpaired) electrons. The molecule has 3 rings (SSSR count). The summed E-state index contributed by atoms with van der Waals surface area (Å²) in [5.74, 6) is 0.0981. The lowest BCUT2D eigenvalue weighted by Gasteiger charge is -2.11. The van der Waals surface area contributed by atoms with E-state index in [9.17, 15) is 16.8 Å². The van der Waals surface area contributed by atoms with E-state index in [2.05, 4.69) is 10.0 Å². The largest absolute Gasteiger partial charge is 0.384 e. The average Bonchev–Trinajstić information content (AvgIpc) is 3.01. The lowest BCUT2D eigenvalue weighted by molar-refractivity contribution is 0.543. The molecule has 8 heteroatoms. The third-order valence-corrected chi connectivity index (χ3v) is 7.25. The van der Waals surface area contributed by atoms with Crippen molar-refractivity contribution in [3.05, 3.63) is 23.8 Å². The molecule has 21 heavy (non-hydrogen) atoms. The van der Waals surface area contributed by atoms with Gasteiger partial charge in [-0.15, -0.1) is 0 Å². The highest BCUT2D eigenvalue weighted by Gasteiger charge is 2.29. The van der Waals surface area contributed by atoms with E-state index in [4.69, 9.17) is 0 Å². The van der Waals surface area contributed by atoms with E-state index < -0.39 is 19.9 Å². The minimum atomic E-state index is -3.59. The Hall–Kier alpha value is -1.12. The predicted octanol–water partition coefficient (Wildman–Crippen LogP) is 0.368. The van der Waals surface area contributed by atoms with Gasteiger partial charge in [-0.2, -0.15) is 0 Å². The second-order valence-corrected chi connectivity index (χ2v) is 9.61. The van der Waals surface area contributed by atoms with Crippen LogP contribution in [0.1, 0.15) is 12.0 Å². The molecule has 2 heterocycles. The lowest BCUT2D eigenvalue weighted by Crippen LogP contribution is -2.30. The molecule has 2 N–H and O–H groups in total. The predicted molar refractivity (Wildman–Crippen MR) is 80.6 cm³/mol.